The molecule has 2 saturated carbocycles. The molecule has 92 valence electrons. The second-order valence-corrected chi connectivity index (χ2v) is 6.20. The molecule has 0 atom stereocenters. The molecule has 1 heteroatoms. The lowest BCUT2D eigenvalue weighted by molar-refractivity contribution is 0.452. The summed E-state index contributed by atoms with van der Waals surface area (Å²) in [5.41, 5.74) is 5.15. The number of aryl methyl sites for hydroxylation is 2. The Kier molecular flexibility index (Phi) is 2.74. The summed E-state index contributed by atoms with van der Waals surface area (Å²) < 4.78 is 0. The summed E-state index contributed by atoms with van der Waals surface area (Å²) in [4.78, 5) is 0. The fraction of sp³-hybridized carbons (Fsp3) is 0.625. The van der Waals surface area contributed by atoms with Crippen LogP contribution in [0.25, 0.3) is 0 Å². The van der Waals surface area contributed by atoms with E-state index >= 15 is 0 Å². The van der Waals surface area contributed by atoms with Gasteiger partial charge in [-0.1, -0.05) is 18.2 Å². The van der Waals surface area contributed by atoms with E-state index in [1.807, 2.05) is 0 Å². The molecule has 0 aromatic heterocycles. The first kappa shape index (κ1) is 11.3. The minimum Gasteiger partial charge on any atom is -0.313 e. The number of benzene rings is 1. The molecule has 1 aromatic rings. The van der Waals surface area contributed by atoms with Crippen molar-refractivity contribution in [1.82, 2.24) is 5.32 Å². The van der Waals surface area contributed by atoms with Gasteiger partial charge in [0.15, 0.2) is 0 Å². The predicted molar refractivity (Wildman–Crippen MR) is 72.3 cm³/mol. The summed E-state index contributed by atoms with van der Waals surface area (Å²) in [6.07, 6.45) is 6.92. The highest BCUT2D eigenvalue weighted by Gasteiger charge is 2.43. The van der Waals surface area contributed by atoms with Gasteiger partial charge in [-0.2, -0.15) is 0 Å². The van der Waals surface area contributed by atoms with Crippen LogP contribution in [-0.2, 0) is 6.42 Å². The first-order valence-electron chi connectivity index (χ1n) is 6.97. The van der Waals surface area contributed by atoms with Gasteiger partial charge in [-0.3, -0.25) is 0 Å². The van der Waals surface area contributed by atoms with Crippen molar-refractivity contribution in [3.63, 3.8) is 0 Å². The van der Waals surface area contributed by atoms with Gasteiger partial charge in [-0.15, -0.1) is 0 Å². The molecule has 0 amide bonds. The molecule has 1 aromatic carbocycles. The zero-order valence-electron chi connectivity index (χ0n) is 11.1. The van der Waals surface area contributed by atoms with Crippen molar-refractivity contribution >= 4 is 0 Å². The molecule has 3 rings (SSSR count). The monoisotopic (exact) mass is 229 g/mol. The molecule has 2 aliphatic carbocycles. The average Bonchev–Trinajstić information content (AvgIpc) is 3.17. The minimum absolute atomic E-state index is 0.597. The van der Waals surface area contributed by atoms with Gasteiger partial charge in [-0.25, -0.2) is 0 Å². The second kappa shape index (κ2) is 4.13. The van der Waals surface area contributed by atoms with Gasteiger partial charge >= 0.3 is 0 Å². The summed E-state index contributed by atoms with van der Waals surface area (Å²) in [7, 11) is 0. The Hall–Kier alpha value is -0.820. The van der Waals surface area contributed by atoms with Crippen LogP contribution in [0, 0.1) is 19.3 Å². The summed E-state index contributed by atoms with van der Waals surface area (Å²) in [5.74, 6) is 0. The van der Waals surface area contributed by atoms with Gasteiger partial charge in [0.25, 0.3) is 0 Å². The number of nitrogens with one attached hydrogen (secondary N) is 1. The van der Waals surface area contributed by atoms with Crippen molar-refractivity contribution in [2.45, 2.75) is 52.0 Å². The molecule has 2 fully saturated rings. The largest absolute Gasteiger partial charge is 0.313 e. The number of hydrogen-bond donors (Lipinski definition) is 1. The lowest BCUT2D eigenvalue weighted by atomic mass is 9.90. The molecule has 0 aliphatic heterocycles. The van der Waals surface area contributed by atoms with Crippen LogP contribution in [0.4, 0.5) is 0 Å². The number of rotatable bonds is 5. The van der Waals surface area contributed by atoms with E-state index in [1.165, 1.54) is 49.8 Å². The average molecular weight is 229 g/mol. The van der Waals surface area contributed by atoms with Gasteiger partial charge in [-0.05, 0) is 68.1 Å². The molecule has 0 bridgehead atoms. The molecule has 1 N–H and O–H groups in total. The third kappa shape index (κ3) is 2.55. The smallest absolute Gasteiger partial charge is 0.00684 e. The Morgan fingerprint density at radius 3 is 2.35 bits per heavy atom. The molecule has 17 heavy (non-hydrogen) atoms. The molecule has 2 aliphatic rings. The zero-order chi connectivity index (χ0) is 11.9. The lowest BCUT2D eigenvalue weighted by Crippen LogP contribution is -2.27. The first-order valence-corrected chi connectivity index (χ1v) is 6.97. The summed E-state index contributed by atoms with van der Waals surface area (Å²) in [6, 6.07) is 7.54. The van der Waals surface area contributed by atoms with Gasteiger partial charge in [0, 0.05) is 12.6 Å². The van der Waals surface area contributed by atoms with Crippen molar-refractivity contribution < 1.29 is 0 Å². The van der Waals surface area contributed by atoms with Crippen LogP contribution in [0.3, 0.4) is 0 Å². The standard InChI is InChI=1S/C16H23N/c1-12-4-3-5-13(2)15(12)10-16(8-9-16)11-17-14-6-7-14/h3-5,14,17H,6-11H2,1-2H3. The fourth-order valence-electron chi connectivity index (χ4n) is 2.74. The molecular weight excluding hydrogens is 206 g/mol. The molecule has 0 spiro atoms. The van der Waals surface area contributed by atoms with Crippen molar-refractivity contribution in [2.24, 2.45) is 5.41 Å². The van der Waals surface area contributed by atoms with Crippen LogP contribution < -0.4 is 5.32 Å². The molecule has 1 nitrogen and oxygen atoms in total. The Morgan fingerprint density at radius 2 is 1.82 bits per heavy atom. The van der Waals surface area contributed by atoms with Crippen LogP contribution in [0.5, 0.6) is 0 Å². The van der Waals surface area contributed by atoms with E-state index in [0.717, 1.165) is 6.04 Å². The molecule has 0 radical (unpaired) electrons. The lowest BCUT2D eigenvalue weighted by Gasteiger charge is -2.19. The maximum Gasteiger partial charge on any atom is 0.00684 e. The maximum atomic E-state index is 3.72. The van der Waals surface area contributed by atoms with E-state index in [2.05, 4.69) is 37.4 Å². The van der Waals surface area contributed by atoms with Gasteiger partial charge in [0.1, 0.15) is 0 Å². The first-order chi connectivity index (χ1) is 8.19. The minimum atomic E-state index is 0.597. The SMILES string of the molecule is Cc1cccc(C)c1CC1(CNC2CC2)CC1. The zero-order valence-corrected chi connectivity index (χ0v) is 11.1. The third-order valence-corrected chi connectivity index (χ3v) is 4.50. The van der Waals surface area contributed by atoms with E-state index in [4.69, 9.17) is 0 Å². The predicted octanol–water partition coefficient (Wildman–Crippen LogP) is 3.38. The van der Waals surface area contributed by atoms with E-state index < -0.39 is 0 Å². The van der Waals surface area contributed by atoms with Crippen LogP contribution >= 0.6 is 0 Å². The maximum absolute atomic E-state index is 3.72. The molecule has 0 heterocycles. The molecular formula is C16H23N. The van der Waals surface area contributed by atoms with Crippen LogP contribution in [0.1, 0.15) is 42.4 Å². The van der Waals surface area contributed by atoms with E-state index in [9.17, 15) is 0 Å². The Labute approximate surface area is 105 Å². The van der Waals surface area contributed by atoms with E-state index in [0.29, 0.717) is 5.41 Å². The van der Waals surface area contributed by atoms with Gasteiger partial charge < -0.3 is 5.32 Å². The van der Waals surface area contributed by atoms with Gasteiger partial charge in [0.05, 0.1) is 0 Å². The van der Waals surface area contributed by atoms with Crippen molar-refractivity contribution in [3.05, 3.63) is 34.9 Å². The molecule has 0 saturated heterocycles. The third-order valence-electron chi connectivity index (χ3n) is 4.50. The van der Waals surface area contributed by atoms with Crippen molar-refractivity contribution in [1.29, 1.82) is 0 Å². The topological polar surface area (TPSA) is 12.0 Å². The van der Waals surface area contributed by atoms with Gasteiger partial charge in [0.2, 0.25) is 0 Å². The number of hydrogen-bond acceptors (Lipinski definition) is 1. The highest BCUT2D eigenvalue weighted by atomic mass is 15.0. The normalized spacial score (nSPS) is 21.5. The summed E-state index contributed by atoms with van der Waals surface area (Å²) in [6.45, 7) is 5.75. The summed E-state index contributed by atoms with van der Waals surface area (Å²) in [5, 5.41) is 3.72. The fourth-order valence-corrected chi connectivity index (χ4v) is 2.74. The Morgan fingerprint density at radius 1 is 1.18 bits per heavy atom. The summed E-state index contributed by atoms with van der Waals surface area (Å²) >= 11 is 0. The van der Waals surface area contributed by atoms with Crippen molar-refractivity contribution in [3.8, 4) is 0 Å². The molecule has 0 unspecified atom stereocenters. The second-order valence-electron chi connectivity index (χ2n) is 6.20. The van der Waals surface area contributed by atoms with Crippen molar-refractivity contribution in [2.75, 3.05) is 6.54 Å². The quantitative estimate of drug-likeness (QED) is 0.816. The Bertz CT molecular complexity index is 393. The van der Waals surface area contributed by atoms with Crippen LogP contribution in [0.15, 0.2) is 18.2 Å². The highest BCUT2D eigenvalue weighted by molar-refractivity contribution is 5.35. The van der Waals surface area contributed by atoms with E-state index in [-0.39, 0.29) is 0 Å². The Balaban J connectivity index is 1.68. The van der Waals surface area contributed by atoms with E-state index in [1.54, 1.807) is 5.56 Å². The van der Waals surface area contributed by atoms with Crippen LogP contribution in [0.2, 0.25) is 0 Å². The highest BCUT2D eigenvalue weighted by Crippen LogP contribution is 2.49. The van der Waals surface area contributed by atoms with Crippen LogP contribution in [-0.4, -0.2) is 12.6 Å².